The Morgan fingerprint density at radius 3 is 2.80 bits per heavy atom. The van der Waals surface area contributed by atoms with Gasteiger partial charge in [-0.2, -0.15) is 0 Å². The molecule has 0 atom stereocenters. The van der Waals surface area contributed by atoms with Gasteiger partial charge in [0.2, 0.25) is 0 Å². The molecule has 0 spiro atoms. The van der Waals surface area contributed by atoms with Crippen LogP contribution in [0.25, 0.3) is 12.2 Å². The van der Waals surface area contributed by atoms with Gasteiger partial charge >= 0.3 is 0 Å². The van der Waals surface area contributed by atoms with Gasteiger partial charge in [0.25, 0.3) is 0 Å². The third-order valence-corrected chi connectivity index (χ3v) is 2.24. The van der Waals surface area contributed by atoms with Gasteiger partial charge in [-0.15, -0.1) is 5.73 Å². The lowest BCUT2D eigenvalue weighted by atomic mass is 10.3. The standard InChI is InChI=1S/C11H12N2.C2H6/c1-3-11-12-9-7-5-4-6-8-10(9)13(11)2;1-2/h4-5,7-8H,3H2,1-2H3;1-2H3. The van der Waals surface area contributed by atoms with Gasteiger partial charge in [0.05, 0.1) is 11.4 Å². The molecular weight excluding hydrogens is 184 g/mol. The lowest BCUT2D eigenvalue weighted by molar-refractivity contribution is 0.801. The highest BCUT2D eigenvalue weighted by Gasteiger charge is 2.08. The van der Waals surface area contributed by atoms with Crippen molar-refractivity contribution in [3.8, 4) is 0 Å². The largest absolute Gasteiger partial charge is 0.331 e. The van der Waals surface area contributed by atoms with Crippen molar-refractivity contribution < 1.29 is 0 Å². The summed E-state index contributed by atoms with van der Waals surface area (Å²) in [5.41, 5.74) is 5.27. The van der Waals surface area contributed by atoms with Crippen molar-refractivity contribution in [3.05, 3.63) is 35.1 Å². The predicted molar refractivity (Wildman–Crippen MR) is 65.5 cm³/mol. The molecular formula is C13H18N2. The predicted octanol–water partition coefficient (Wildman–Crippen LogP) is 3.20. The molecule has 1 heterocycles. The number of imidazole rings is 1. The molecule has 2 nitrogen and oxygen atoms in total. The maximum Gasteiger partial charge on any atom is 0.109 e. The highest BCUT2D eigenvalue weighted by atomic mass is 15.1. The van der Waals surface area contributed by atoms with E-state index in [0.29, 0.717) is 0 Å². The van der Waals surface area contributed by atoms with Crippen LogP contribution in [0.4, 0.5) is 0 Å². The minimum Gasteiger partial charge on any atom is -0.331 e. The number of hydrogen-bond acceptors (Lipinski definition) is 1. The second-order valence-corrected chi connectivity index (χ2v) is 3.05. The first-order valence-corrected chi connectivity index (χ1v) is 5.47. The Labute approximate surface area is 91.7 Å². The van der Waals surface area contributed by atoms with Crippen LogP contribution in [-0.2, 0) is 13.5 Å². The first-order chi connectivity index (χ1) is 7.33. The molecule has 2 heteroatoms. The summed E-state index contributed by atoms with van der Waals surface area (Å²) >= 11 is 0. The molecule has 2 rings (SSSR count). The summed E-state index contributed by atoms with van der Waals surface area (Å²) in [6.45, 7) is 6.12. The van der Waals surface area contributed by atoms with Gasteiger partial charge in [0.15, 0.2) is 0 Å². The Morgan fingerprint density at radius 2 is 2.13 bits per heavy atom. The van der Waals surface area contributed by atoms with E-state index in [1.54, 1.807) is 0 Å². The smallest absolute Gasteiger partial charge is 0.109 e. The third-order valence-electron chi connectivity index (χ3n) is 2.24. The van der Waals surface area contributed by atoms with Crippen molar-refractivity contribution in [1.82, 2.24) is 9.55 Å². The van der Waals surface area contributed by atoms with Crippen LogP contribution in [0.5, 0.6) is 0 Å². The second-order valence-electron chi connectivity index (χ2n) is 3.05. The third kappa shape index (κ3) is 2.28. The van der Waals surface area contributed by atoms with Gasteiger partial charge < -0.3 is 4.57 Å². The van der Waals surface area contributed by atoms with E-state index in [1.165, 1.54) is 0 Å². The topological polar surface area (TPSA) is 17.8 Å². The first-order valence-electron chi connectivity index (χ1n) is 5.47. The minimum atomic E-state index is 0.967. The zero-order chi connectivity index (χ0) is 11.3. The summed E-state index contributed by atoms with van der Waals surface area (Å²) in [6.07, 6.45) is 8.82. The van der Waals surface area contributed by atoms with E-state index in [0.717, 1.165) is 23.6 Å². The Bertz CT molecular complexity index is 416. The quantitative estimate of drug-likeness (QED) is 0.639. The molecule has 0 saturated carbocycles. The van der Waals surface area contributed by atoms with Crippen LogP contribution in [0.3, 0.4) is 0 Å². The van der Waals surface area contributed by atoms with Crippen molar-refractivity contribution in [2.75, 3.05) is 0 Å². The summed E-state index contributed by atoms with van der Waals surface area (Å²) in [6, 6.07) is 0. The summed E-state index contributed by atoms with van der Waals surface area (Å²) in [7, 11) is 2.04. The fourth-order valence-electron chi connectivity index (χ4n) is 1.51. The molecule has 0 radical (unpaired) electrons. The Balaban J connectivity index is 0.000000531. The van der Waals surface area contributed by atoms with Crippen molar-refractivity contribution in [1.29, 1.82) is 0 Å². The van der Waals surface area contributed by atoms with E-state index in [9.17, 15) is 0 Å². The number of nitrogens with zero attached hydrogens (tertiary/aromatic N) is 2. The lowest BCUT2D eigenvalue weighted by Crippen LogP contribution is -1.97. The van der Waals surface area contributed by atoms with E-state index in [1.807, 2.05) is 45.2 Å². The first kappa shape index (κ1) is 11.5. The van der Waals surface area contributed by atoms with E-state index in [4.69, 9.17) is 0 Å². The second kappa shape index (κ2) is 5.38. The normalized spacial score (nSPS) is 11.7. The lowest BCUT2D eigenvalue weighted by Gasteiger charge is -1.98. The maximum absolute atomic E-state index is 4.51. The van der Waals surface area contributed by atoms with E-state index >= 15 is 0 Å². The molecule has 1 aromatic heterocycles. The molecule has 1 aliphatic rings. The highest BCUT2D eigenvalue weighted by Crippen LogP contribution is 2.15. The van der Waals surface area contributed by atoms with Gasteiger partial charge in [-0.25, -0.2) is 4.98 Å². The number of hydrogen-bond donors (Lipinski definition) is 0. The molecule has 1 aliphatic carbocycles. The molecule has 0 unspecified atom stereocenters. The molecule has 0 N–H and O–H groups in total. The van der Waals surface area contributed by atoms with Crippen LogP contribution >= 0.6 is 0 Å². The Hall–Kier alpha value is -1.53. The van der Waals surface area contributed by atoms with Gasteiger partial charge in [-0.05, 0) is 12.2 Å². The number of fused-ring (bicyclic) bond motifs is 1. The fourth-order valence-corrected chi connectivity index (χ4v) is 1.51. The molecule has 0 saturated heterocycles. The van der Waals surface area contributed by atoms with Crippen LogP contribution in [-0.4, -0.2) is 9.55 Å². The summed E-state index contributed by atoms with van der Waals surface area (Å²) in [5, 5.41) is 0. The molecule has 15 heavy (non-hydrogen) atoms. The van der Waals surface area contributed by atoms with Crippen molar-refractivity contribution in [2.24, 2.45) is 7.05 Å². The number of allylic oxidation sites excluding steroid dienone is 2. The van der Waals surface area contributed by atoms with Crippen molar-refractivity contribution in [3.63, 3.8) is 0 Å². The number of rotatable bonds is 1. The zero-order valence-corrected chi connectivity index (χ0v) is 9.91. The zero-order valence-electron chi connectivity index (χ0n) is 9.91. The van der Waals surface area contributed by atoms with Gasteiger partial charge in [0, 0.05) is 19.5 Å². The monoisotopic (exact) mass is 202 g/mol. The highest BCUT2D eigenvalue weighted by molar-refractivity contribution is 5.63. The molecule has 0 amide bonds. The number of aryl methyl sites for hydroxylation is 1. The molecule has 0 aliphatic heterocycles. The van der Waals surface area contributed by atoms with Crippen LogP contribution in [0, 0.1) is 0 Å². The van der Waals surface area contributed by atoms with E-state index in [-0.39, 0.29) is 0 Å². The summed E-state index contributed by atoms with van der Waals surface area (Å²) < 4.78 is 2.12. The molecule has 0 aromatic carbocycles. The minimum absolute atomic E-state index is 0.967. The maximum atomic E-state index is 4.51. The molecule has 80 valence electrons. The summed E-state index contributed by atoms with van der Waals surface area (Å²) in [5.74, 6) is 1.12. The average molecular weight is 202 g/mol. The van der Waals surface area contributed by atoms with Crippen LogP contribution < -0.4 is 0 Å². The molecule has 0 fully saturated rings. The number of aromatic nitrogens is 2. The van der Waals surface area contributed by atoms with Gasteiger partial charge in [0.1, 0.15) is 5.82 Å². The van der Waals surface area contributed by atoms with Crippen LogP contribution in [0.1, 0.15) is 38.0 Å². The SMILES string of the molecule is CC.CCc1nc2c(n1C)C=C=CC=C2. The Morgan fingerprint density at radius 1 is 1.40 bits per heavy atom. The van der Waals surface area contributed by atoms with Gasteiger partial charge in [-0.1, -0.05) is 26.8 Å². The molecule has 1 aromatic rings. The van der Waals surface area contributed by atoms with Crippen molar-refractivity contribution >= 4 is 12.2 Å². The van der Waals surface area contributed by atoms with Crippen LogP contribution in [0.15, 0.2) is 17.9 Å². The van der Waals surface area contributed by atoms with E-state index < -0.39 is 0 Å². The fraction of sp³-hybridized carbons (Fsp3) is 0.385. The van der Waals surface area contributed by atoms with Crippen molar-refractivity contribution in [2.45, 2.75) is 27.2 Å². The van der Waals surface area contributed by atoms with E-state index in [2.05, 4.69) is 22.2 Å². The average Bonchev–Trinajstić information content (AvgIpc) is 2.47. The summed E-state index contributed by atoms with van der Waals surface area (Å²) in [4.78, 5) is 4.51. The van der Waals surface area contributed by atoms with Crippen LogP contribution in [0.2, 0.25) is 0 Å². The Kier molecular flexibility index (Phi) is 4.14. The molecule has 0 bridgehead atoms. The van der Waals surface area contributed by atoms with Gasteiger partial charge in [-0.3, -0.25) is 0 Å².